The molecule has 1 aromatic carbocycles. The van der Waals surface area contributed by atoms with Crippen LogP contribution < -0.4 is 10.6 Å². The highest BCUT2D eigenvalue weighted by molar-refractivity contribution is 5.73. The van der Waals surface area contributed by atoms with Gasteiger partial charge >= 0.3 is 6.03 Å². The first kappa shape index (κ1) is 8.59. The van der Waals surface area contributed by atoms with E-state index < -0.39 is 0 Å². The van der Waals surface area contributed by atoms with Gasteiger partial charge in [-0.3, -0.25) is 0 Å². The molecule has 3 nitrogen and oxygen atoms in total. The lowest BCUT2D eigenvalue weighted by molar-refractivity contribution is 0.241. The molecule has 0 aromatic heterocycles. The van der Waals surface area contributed by atoms with Crippen LogP contribution in [0.2, 0.25) is 0 Å². The zero-order valence-corrected chi connectivity index (χ0v) is 6.95. The van der Waals surface area contributed by atoms with Crippen molar-refractivity contribution in [2.75, 3.05) is 7.05 Å². The van der Waals surface area contributed by atoms with Gasteiger partial charge in [-0.25, -0.2) is 10.1 Å². The van der Waals surface area contributed by atoms with Crippen molar-refractivity contribution < 1.29 is 4.79 Å². The number of hydrogen-bond donors (Lipinski definition) is 1. The summed E-state index contributed by atoms with van der Waals surface area (Å²) in [5.74, 6) is 0. The van der Waals surface area contributed by atoms with Gasteiger partial charge in [0.1, 0.15) is 0 Å². The minimum Gasteiger partial charge on any atom is -0.340 e. The fraction of sp³-hybridized carbons (Fsp3) is 0.222. The Morgan fingerprint density at radius 2 is 2.08 bits per heavy atom. The lowest BCUT2D eigenvalue weighted by Crippen LogP contribution is -2.26. The van der Waals surface area contributed by atoms with Crippen molar-refractivity contribution in [3.63, 3.8) is 0 Å². The molecule has 3 heteroatoms. The van der Waals surface area contributed by atoms with Crippen LogP contribution in [0.1, 0.15) is 5.56 Å². The van der Waals surface area contributed by atoms with E-state index in [4.69, 9.17) is 0 Å². The zero-order valence-electron chi connectivity index (χ0n) is 6.95. The van der Waals surface area contributed by atoms with Gasteiger partial charge in [-0.05, 0) is 5.56 Å². The lowest BCUT2D eigenvalue weighted by atomic mass is 10.2. The molecule has 0 saturated heterocycles. The van der Waals surface area contributed by atoms with Crippen LogP contribution >= 0.6 is 0 Å². The van der Waals surface area contributed by atoms with Crippen molar-refractivity contribution in [2.45, 2.75) is 6.54 Å². The molecule has 1 rings (SSSR count). The van der Waals surface area contributed by atoms with E-state index in [9.17, 15) is 4.79 Å². The molecular formula is C9H11N2O. The highest BCUT2D eigenvalue weighted by Gasteiger charge is 1.97. The van der Waals surface area contributed by atoms with E-state index in [2.05, 4.69) is 10.6 Å². The van der Waals surface area contributed by atoms with Crippen molar-refractivity contribution >= 4 is 6.03 Å². The Kier molecular flexibility index (Phi) is 3.14. The third kappa shape index (κ3) is 2.62. The first-order valence-corrected chi connectivity index (χ1v) is 3.76. The van der Waals surface area contributed by atoms with Gasteiger partial charge in [0, 0.05) is 7.05 Å². The predicted octanol–water partition coefficient (Wildman–Crippen LogP) is 1.13. The Hall–Kier alpha value is -1.51. The fourth-order valence-electron chi connectivity index (χ4n) is 0.826. The number of benzene rings is 1. The van der Waals surface area contributed by atoms with Gasteiger partial charge < -0.3 is 5.32 Å². The van der Waals surface area contributed by atoms with Crippen LogP contribution in [0.3, 0.4) is 0 Å². The number of carbonyl (C=O) groups excluding carboxylic acids is 1. The topological polar surface area (TPSA) is 43.2 Å². The Labute approximate surface area is 71.8 Å². The summed E-state index contributed by atoms with van der Waals surface area (Å²) < 4.78 is 0. The molecule has 0 spiro atoms. The number of nitrogens with zero attached hydrogens (tertiary/aromatic N) is 1. The Morgan fingerprint density at radius 3 is 2.67 bits per heavy atom. The molecule has 0 aliphatic carbocycles. The summed E-state index contributed by atoms with van der Waals surface area (Å²) in [4.78, 5) is 10.7. The lowest BCUT2D eigenvalue weighted by Gasteiger charge is -1.99. The van der Waals surface area contributed by atoms with Crippen molar-refractivity contribution in [1.29, 1.82) is 0 Å². The second kappa shape index (κ2) is 4.38. The number of urea groups is 1. The van der Waals surface area contributed by atoms with E-state index >= 15 is 0 Å². The molecule has 0 aliphatic heterocycles. The SMILES string of the molecule is CNC(=O)[N]Cc1ccccc1. The Balaban J connectivity index is 2.38. The highest BCUT2D eigenvalue weighted by Crippen LogP contribution is 1.97. The molecule has 0 heterocycles. The van der Waals surface area contributed by atoms with Crippen LogP contribution in [-0.2, 0) is 6.54 Å². The van der Waals surface area contributed by atoms with Crippen LogP contribution in [0.25, 0.3) is 0 Å². The zero-order chi connectivity index (χ0) is 8.81. The summed E-state index contributed by atoms with van der Waals surface area (Å²) in [5, 5.41) is 6.19. The molecule has 63 valence electrons. The third-order valence-corrected chi connectivity index (χ3v) is 1.46. The highest BCUT2D eigenvalue weighted by atomic mass is 16.2. The summed E-state index contributed by atoms with van der Waals surface area (Å²) in [6, 6.07) is 9.38. The van der Waals surface area contributed by atoms with Crippen LogP contribution in [0.15, 0.2) is 30.3 Å². The van der Waals surface area contributed by atoms with Crippen molar-refractivity contribution in [1.82, 2.24) is 10.6 Å². The van der Waals surface area contributed by atoms with E-state index in [1.807, 2.05) is 30.3 Å². The van der Waals surface area contributed by atoms with Crippen LogP contribution in [-0.4, -0.2) is 13.1 Å². The summed E-state index contributed by atoms with van der Waals surface area (Å²) in [5.41, 5.74) is 1.04. The van der Waals surface area contributed by atoms with Gasteiger partial charge in [0.25, 0.3) is 0 Å². The largest absolute Gasteiger partial charge is 0.340 e. The minimum absolute atomic E-state index is 0.279. The number of carbonyl (C=O) groups is 1. The quantitative estimate of drug-likeness (QED) is 0.697. The second-order valence-electron chi connectivity index (χ2n) is 2.36. The standard InChI is InChI=1S/C9H11N2O/c1-10-9(12)11-7-8-5-3-2-4-6-8/h2-6H,7H2,1H3,(H,10,12). The number of rotatable bonds is 2. The normalized spacial score (nSPS) is 9.08. The second-order valence-corrected chi connectivity index (χ2v) is 2.36. The van der Waals surface area contributed by atoms with Gasteiger partial charge in [-0.15, -0.1) is 0 Å². The number of nitrogens with one attached hydrogen (secondary N) is 1. The van der Waals surface area contributed by atoms with Gasteiger partial charge in [-0.1, -0.05) is 30.3 Å². The van der Waals surface area contributed by atoms with E-state index in [-0.39, 0.29) is 6.03 Å². The average Bonchev–Trinajstić information content (AvgIpc) is 2.16. The van der Waals surface area contributed by atoms with Gasteiger partial charge in [0.05, 0.1) is 6.54 Å². The molecule has 0 bridgehead atoms. The van der Waals surface area contributed by atoms with Gasteiger partial charge in [-0.2, -0.15) is 0 Å². The maximum Gasteiger partial charge on any atom is 0.336 e. The van der Waals surface area contributed by atoms with Crippen molar-refractivity contribution in [3.05, 3.63) is 35.9 Å². The number of hydrogen-bond acceptors (Lipinski definition) is 1. The minimum atomic E-state index is -0.279. The molecule has 0 fully saturated rings. The van der Waals surface area contributed by atoms with Crippen LogP contribution in [0.5, 0.6) is 0 Å². The average molecular weight is 163 g/mol. The van der Waals surface area contributed by atoms with Crippen LogP contribution in [0, 0.1) is 0 Å². The summed E-state index contributed by atoms with van der Waals surface area (Å²) in [7, 11) is 1.57. The molecule has 0 aliphatic rings. The van der Waals surface area contributed by atoms with Crippen molar-refractivity contribution in [3.8, 4) is 0 Å². The monoisotopic (exact) mass is 163 g/mol. The molecule has 0 atom stereocenters. The fourth-order valence-corrected chi connectivity index (χ4v) is 0.826. The van der Waals surface area contributed by atoms with Gasteiger partial charge in [0.15, 0.2) is 0 Å². The van der Waals surface area contributed by atoms with Crippen LogP contribution in [0.4, 0.5) is 4.79 Å². The van der Waals surface area contributed by atoms with E-state index in [0.29, 0.717) is 6.54 Å². The predicted molar refractivity (Wildman–Crippen MR) is 46.7 cm³/mol. The summed E-state index contributed by atoms with van der Waals surface area (Å²) in [6.45, 7) is 0.445. The molecule has 0 saturated carbocycles. The van der Waals surface area contributed by atoms with Crippen molar-refractivity contribution in [2.24, 2.45) is 0 Å². The molecule has 1 aromatic rings. The molecular weight excluding hydrogens is 152 g/mol. The molecule has 12 heavy (non-hydrogen) atoms. The molecule has 2 amide bonds. The van der Waals surface area contributed by atoms with Gasteiger partial charge in [0.2, 0.25) is 0 Å². The molecule has 1 N–H and O–H groups in total. The Morgan fingerprint density at radius 1 is 1.42 bits per heavy atom. The maximum absolute atomic E-state index is 10.7. The first-order valence-electron chi connectivity index (χ1n) is 3.76. The third-order valence-electron chi connectivity index (χ3n) is 1.46. The van der Waals surface area contributed by atoms with E-state index in [1.165, 1.54) is 0 Å². The summed E-state index contributed by atoms with van der Waals surface area (Å²) in [6.07, 6.45) is 0. The summed E-state index contributed by atoms with van der Waals surface area (Å²) >= 11 is 0. The number of amides is 2. The maximum atomic E-state index is 10.7. The van der Waals surface area contributed by atoms with E-state index in [0.717, 1.165) is 5.56 Å². The molecule has 0 unspecified atom stereocenters. The Bertz CT molecular complexity index is 246. The smallest absolute Gasteiger partial charge is 0.336 e. The first-order chi connectivity index (χ1) is 5.83. The van der Waals surface area contributed by atoms with E-state index in [1.54, 1.807) is 7.05 Å². The molecule has 1 radical (unpaired) electrons.